The molecular weight excluding hydrogens is 466 g/mol. The summed E-state index contributed by atoms with van der Waals surface area (Å²) < 4.78 is 30.4. The number of aromatic amines is 1. The predicted octanol–water partition coefficient (Wildman–Crippen LogP) is 2.48. The number of ether oxygens (including phenoxy) is 1. The number of allylic oxidation sites excluding steroid dienone is 1. The van der Waals surface area contributed by atoms with Gasteiger partial charge in [0, 0.05) is 12.5 Å². The van der Waals surface area contributed by atoms with Gasteiger partial charge in [0.15, 0.2) is 15.0 Å². The summed E-state index contributed by atoms with van der Waals surface area (Å²) >= 11 is 1.17. The number of aliphatic hydroxyl groups excluding tert-OH is 1. The molecule has 2 aromatic heterocycles. The number of thioether (sulfide) groups is 1. The van der Waals surface area contributed by atoms with E-state index in [0.717, 1.165) is 5.52 Å². The molecule has 0 spiro atoms. The quantitative estimate of drug-likeness (QED) is 0.160. The number of H-pyrrole nitrogens is 1. The number of fused-ring (bicyclic) bond motifs is 1. The van der Waals surface area contributed by atoms with E-state index in [1.165, 1.54) is 18.9 Å². The number of carbonyl (C=O) groups excluding carboxylic acids is 1. The number of esters is 1. The van der Waals surface area contributed by atoms with Crippen molar-refractivity contribution in [3.05, 3.63) is 54.3 Å². The highest BCUT2D eigenvalue weighted by atomic mass is 32.2. The Morgan fingerprint density at radius 2 is 2.18 bits per heavy atom. The zero-order chi connectivity index (χ0) is 23.6. The van der Waals surface area contributed by atoms with Crippen LogP contribution < -0.4 is 0 Å². The molecule has 1 unspecified atom stereocenters. The molecule has 1 atom stereocenters. The van der Waals surface area contributed by atoms with E-state index >= 15 is 0 Å². The highest BCUT2D eigenvalue weighted by Crippen LogP contribution is 2.31. The van der Waals surface area contributed by atoms with Crippen LogP contribution in [0.1, 0.15) is 24.0 Å². The SMILES string of the molecule is C=CCn1c(SC/C(O)=C(\C(=O)OC)c2nc3ccccc3[nH]2)nnc1C1CCS(=O)(=O)C1. The molecular formula is C21H23N5O5S2. The monoisotopic (exact) mass is 489 g/mol. The van der Waals surface area contributed by atoms with E-state index in [9.17, 15) is 18.3 Å². The number of methoxy groups -OCH3 is 1. The van der Waals surface area contributed by atoms with Crippen LogP contribution in [-0.2, 0) is 25.9 Å². The second kappa shape index (κ2) is 9.40. The summed E-state index contributed by atoms with van der Waals surface area (Å²) in [5.74, 6) is -0.248. The van der Waals surface area contributed by atoms with E-state index in [0.29, 0.717) is 29.5 Å². The van der Waals surface area contributed by atoms with Gasteiger partial charge in [0.1, 0.15) is 23.0 Å². The normalized spacial score (nSPS) is 18.3. The molecule has 12 heteroatoms. The van der Waals surface area contributed by atoms with Crippen molar-refractivity contribution in [1.29, 1.82) is 0 Å². The number of nitrogens with zero attached hydrogens (tertiary/aromatic N) is 4. The fourth-order valence-electron chi connectivity index (χ4n) is 3.74. The lowest BCUT2D eigenvalue weighted by molar-refractivity contribution is -0.133. The Hall–Kier alpha value is -3.12. The number of carbonyl (C=O) groups is 1. The van der Waals surface area contributed by atoms with E-state index in [4.69, 9.17) is 4.74 Å². The number of hydrogen-bond donors (Lipinski definition) is 2. The number of aromatic nitrogens is 5. The zero-order valence-electron chi connectivity index (χ0n) is 17.9. The van der Waals surface area contributed by atoms with Gasteiger partial charge in [-0.15, -0.1) is 16.8 Å². The van der Waals surface area contributed by atoms with Gasteiger partial charge in [0.2, 0.25) is 0 Å². The van der Waals surface area contributed by atoms with Crippen molar-refractivity contribution in [2.24, 2.45) is 0 Å². The Bertz CT molecular complexity index is 1310. The fourth-order valence-corrected chi connectivity index (χ4v) is 6.31. The third-order valence-corrected chi connectivity index (χ3v) is 8.04. The molecule has 3 heterocycles. The average molecular weight is 490 g/mol. The van der Waals surface area contributed by atoms with Crippen molar-refractivity contribution in [1.82, 2.24) is 24.7 Å². The van der Waals surface area contributed by atoms with Gasteiger partial charge in [0.25, 0.3) is 0 Å². The number of benzene rings is 1. The standard InChI is InChI=1S/C21H23N5O5S2/c1-3-9-26-19(13-8-10-33(29,30)12-13)24-25-21(26)32-11-16(27)17(20(28)31-2)18-22-14-6-4-5-7-15(14)23-18/h3-7,13,27H,1,8-12H2,2H3,(H,22,23)/b17-16+. The minimum absolute atomic E-state index is 0.000278. The second-order valence-corrected chi connectivity index (χ2v) is 10.7. The van der Waals surface area contributed by atoms with Gasteiger partial charge in [-0.1, -0.05) is 30.0 Å². The van der Waals surface area contributed by atoms with Crippen LogP contribution in [0.15, 0.2) is 47.8 Å². The summed E-state index contributed by atoms with van der Waals surface area (Å²) in [6, 6.07) is 7.26. The molecule has 4 rings (SSSR count). The Kier molecular flexibility index (Phi) is 6.56. The second-order valence-electron chi connectivity index (χ2n) is 7.54. The van der Waals surface area contributed by atoms with Crippen molar-refractivity contribution in [3.8, 4) is 0 Å². The Morgan fingerprint density at radius 1 is 1.39 bits per heavy atom. The maximum atomic E-state index is 12.4. The molecule has 0 amide bonds. The van der Waals surface area contributed by atoms with Crippen LogP contribution in [0.2, 0.25) is 0 Å². The minimum atomic E-state index is -3.08. The molecule has 1 fully saturated rings. The predicted molar refractivity (Wildman–Crippen MR) is 125 cm³/mol. The number of rotatable bonds is 8. The molecule has 2 N–H and O–H groups in total. The molecule has 1 saturated heterocycles. The topological polar surface area (TPSA) is 140 Å². The van der Waals surface area contributed by atoms with Crippen molar-refractivity contribution >= 4 is 44.2 Å². The number of hydrogen-bond acceptors (Lipinski definition) is 9. The van der Waals surface area contributed by atoms with Crippen molar-refractivity contribution in [2.45, 2.75) is 24.0 Å². The summed E-state index contributed by atoms with van der Waals surface area (Å²) in [5.41, 5.74) is 1.30. The van der Waals surface area contributed by atoms with Crippen molar-refractivity contribution < 1.29 is 23.1 Å². The summed E-state index contributed by atoms with van der Waals surface area (Å²) in [4.78, 5) is 19.9. The van der Waals surface area contributed by atoms with Crippen LogP contribution in [0.5, 0.6) is 0 Å². The zero-order valence-corrected chi connectivity index (χ0v) is 19.5. The first kappa shape index (κ1) is 23.1. The molecule has 0 bridgehead atoms. The third kappa shape index (κ3) is 4.81. The summed E-state index contributed by atoms with van der Waals surface area (Å²) in [7, 11) is -1.85. The molecule has 1 aliphatic rings. The molecule has 0 aliphatic carbocycles. The van der Waals surface area contributed by atoms with E-state index in [1.54, 1.807) is 16.7 Å². The van der Waals surface area contributed by atoms with Crippen LogP contribution in [-0.4, -0.2) is 68.6 Å². The van der Waals surface area contributed by atoms with Gasteiger partial charge in [-0.2, -0.15) is 0 Å². The summed E-state index contributed by atoms with van der Waals surface area (Å²) in [6.07, 6.45) is 2.16. The molecule has 33 heavy (non-hydrogen) atoms. The number of para-hydroxylation sites is 2. The van der Waals surface area contributed by atoms with E-state index in [-0.39, 0.29) is 40.3 Å². The number of sulfone groups is 1. The highest BCUT2D eigenvalue weighted by molar-refractivity contribution is 7.99. The number of nitrogens with one attached hydrogen (secondary N) is 1. The van der Waals surface area contributed by atoms with Gasteiger partial charge in [-0.3, -0.25) is 0 Å². The lowest BCUT2D eigenvalue weighted by atomic mass is 10.1. The Morgan fingerprint density at radius 3 is 2.85 bits per heavy atom. The summed E-state index contributed by atoms with van der Waals surface area (Å²) in [5, 5.41) is 19.7. The van der Waals surface area contributed by atoms with Crippen molar-refractivity contribution in [3.63, 3.8) is 0 Å². The van der Waals surface area contributed by atoms with Crippen LogP contribution >= 0.6 is 11.8 Å². The fraction of sp³-hybridized carbons (Fsp3) is 0.333. The van der Waals surface area contributed by atoms with Crippen LogP contribution in [0.4, 0.5) is 0 Å². The molecule has 174 valence electrons. The van der Waals surface area contributed by atoms with Gasteiger partial charge >= 0.3 is 5.97 Å². The smallest absolute Gasteiger partial charge is 0.345 e. The first-order valence-corrected chi connectivity index (χ1v) is 13.0. The number of aliphatic hydroxyl groups is 1. The first-order valence-electron chi connectivity index (χ1n) is 10.2. The van der Waals surface area contributed by atoms with Gasteiger partial charge < -0.3 is 19.4 Å². The molecule has 0 radical (unpaired) electrons. The minimum Gasteiger partial charge on any atom is -0.510 e. The largest absolute Gasteiger partial charge is 0.510 e. The molecule has 10 nitrogen and oxygen atoms in total. The number of imidazole rings is 1. The van der Waals surface area contributed by atoms with Gasteiger partial charge in [0.05, 0.1) is 35.4 Å². The average Bonchev–Trinajstić information content (AvgIpc) is 3.48. The maximum absolute atomic E-state index is 12.4. The lowest BCUT2D eigenvalue weighted by Crippen LogP contribution is -2.12. The Balaban J connectivity index is 1.62. The lowest BCUT2D eigenvalue weighted by Gasteiger charge is -2.11. The molecule has 1 aromatic carbocycles. The third-order valence-electron chi connectivity index (χ3n) is 5.30. The maximum Gasteiger partial charge on any atom is 0.345 e. The molecule has 3 aromatic rings. The molecule has 1 aliphatic heterocycles. The van der Waals surface area contributed by atoms with E-state index in [1.807, 2.05) is 18.2 Å². The van der Waals surface area contributed by atoms with Crippen molar-refractivity contribution in [2.75, 3.05) is 24.4 Å². The van der Waals surface area contributed by atoms with Crippen LogP contribution in [0, 0.1) is 0 Å². The van der Waals surface area contributed by atoms with Gasteiger partial charge in [-0.05, 0) is 18.6 Å². The molecule has 0 saturated carbocycles. The highest BCUT2D eigenvalue weighted by Gasteiger charge is 2.33. The summed E-state index contributed by atoms with van der Waals surface area (Å²) in [6.45, 7) is 4.14. The Labute approximate surface area is 194 Å². The van der Waals surface area contributed by atoms with E-state index < -0.39 is 15.8 Å². The van der Waals surface area contributed by atoms with Gasteiger partial charge in [-0.25, -0.2) is 18.2 Å². The van der Waals surface area contributed by atoms with Crippen LogP contribution in [0.3, 0.4) is 0 Å². The van der Waals surface area contributed by atoms with Crippen LogP contribution in [0.25, 0.3) is 16.6 Å². The first-order chi connectivity index (χ1) is 15.8. The van der Waals surface area contributed by atoms with E-state index in [2.05, 4.69) is 26.7 Å².